The predicted molar refractivity (Wildman–Crippen MR) is 77.0 cm³/mol. The number of carbonyl (C=O) groups is 1. The Labute approximate surface area is 110 Å². The molecular formula is C14H30O2Si. The summed E-state index contributed by atoms with van der Waals surface area (Å²) in [7, 11) is 0.543. The van der Waals surface area contributed by atoms with Crippen LogP contribution in [0.15, 0.2) is 0 Å². The van der Waals surface area contributed by atoms with E-state index >= 15 is 0 Å². The van der Waals surface area contributed by atoms with E-state index in [1.807, 2.05) is 0 Å². The molecule has 0 amide bonds. The van der Waals surface area contributed by atoms with Crippen molar-refractivity contribution in [2.45, 2.75) is 78.1 Å². The summed E-state index contributed by atoms with van der Waals surface area (Å²) in [6.07, 6.45) is 12.3. The fourth-order valence-corrected chi connectivity index (χ4v) is 2.19. The van der Waals surface area contributed by atoms with E-state index in [0.29, 0.717) is 16.9 Å². The normalized spacial score (nSPS) is 11.0. The Kier molecular flexibility index (Phi) is 11.9. The van der Waals surface area contributed by atoms with Gasteiger partial charge >= 0.3 is 0 Å². The Bertz CT molecular complexity index is 181. The zero-order chi connectivity index (χ0) is 12.9. The molecule has 3 heteroatoms. The molecule has 0 spiro atoms. The second kappa shape index (κ2) is 12.2. The van der Waals surface area contributed by atoms with Crippen LogP contribution < -0.4 is 0 Å². The van der Waals surface area contributed by atoms with Crippen molar-refractivity contribution >= 4 is 16.5 Å². The Morgan fingerprint density at radius 2 is 1.41 bits per heavy atom. The lowest BCUT2D eigenvalue weighted by Crippen LogP contribution is -2.00. The fourth-order valence-electron chi connectivity index (χ4n) is 1.98. The van der Waals surface area contributed by atoms with Crippen molar-refractivity contribution in [2.75, 3.05) is 0 Å². The SMILES string of the molecule is CC(C)CCCCCCCCCCC(=O)O[SiH3]. The molecule has 0 heterocycles. The lowest BCUT2D eigenvalue weighted by molar-refractivity contribution is -0.134. The minimum Gasteiger partial charge on any atom is -0.529 e. The van der Waals surface area contributed by atoms with Crippen LogP contribution >= 0.6 is 0 Å². The van der Waals surface area contributed by atoms with Gasteiger partial charge in [-0.15, -0.1) is 0 Å². The second-order valence-corrected chi connectivity index (χ2v) is 5.75. The van der Waals surface area contributed by atoms with Crippen molar-refractivity contribution in [2.24, 2.45) is 5.92 Å². The minimum atomic E-state index is -0.00893. The van der Waals surface area contributed by atoms with Crippen molar-refractivity contribution in [3.8, 4) is 0 Å². The molecule has 0 atom stereocenters. The molecule has 0 aliphatic carbocycles. The van der Waals surface area contributed by atoms with Crippen LogP contribution in [0.3, 0.4) is 0 Å². The summed E-state index contributed by atoms with van der Waals surface area (Å²) in [4.78, 5) is 10.9. The minimum absolute atomic E-state index is 0.00893. The van der Waals surface area contributed by atoms with Crippen LogP contribution in [0.25, 0.3) is 0 Å². The standard InChI is InChI=1S/C14H30O2Si/c1-13(2)11-9-7-5-3-4-6-8-10-12-14(15)16-17/h13H,3-12H2,1-2,17H3. The zero-order valence-corrected chi connectivity index (χ0v) is 14.0. The summed E-state index contributed by atoms with van der Waals surface area (Å²) in [5.74, 6) is 0.849. The molecule has 0 fully saturated rings. The quantitative estimate of drug-likeness (QED) is 0.419. The molecular weight excluding hydrogens is 228 g/mol. The van der Waals surface area contributed by atoms with Crippen LogP contribution in [0, 0.1) is 5.92 Å². The Balaban J connectivity index is 3.01. The maximum atomic E-state index is 10.9. The molecule has 17 heavy (non-hydrogen) atoms. The molecule has 0 bridgehead atoms. The van der Waals surface area contributed by atoms with Gasteiger partial charge in [-0.3, -0.25) is 4.79 Å². The molecule has 102 valence electrons. The van der Waals surface area contributed by atoms with Crippen LogP contribution in [-0.2, 0) is 9.22 Å². The monoisotopic (exact) mass is 258 g/mol. The van der Waals surface area contributed by atoms with Crippen molar-refractivity contribution in [1.82, 2.24) is 0 Å². The van der Waals surface area contributed by atoms with Gasteiger partial charge in [0, 0.05) is 6.42 Å². The predicted octanol–water partition coefficient (Wildman–Crippen LogP) is 3.37. The van der Waals surface area contributed by atoms with E-state index in [4.69, 9.17) is 4.43 Å². The number of carbonyl (C=O) groups excluding carboxylic acids is 1. The number of hydrogen-bond acceptors (Lipinski definition) is 2. The highest BCUT2D eigenvalue weighted by Gasteiger charge is 1.98. The van der Waals surface area contributed by atoms with Gasteiger partial charge in [0.2, 0.25) is 10.5 Å². The first kappa shape index (κ1) is 16.7. The Morgan fingerprint density at radius 1 is 0.941 bits per heavy atom. The maximum Gasteiger partial charge on any atom is 0.291 e. The highest BCUT2D eigenvalue weighted by molar-refractivity contribution is 6.05. The van der Waals surface area contributed by atoms with Crippen molar-refractivity contribution < 1.29 is 9.22 Å². The van der Waals surface area contributed by atoms with E-state index in [2.05, 4.69) is 13.8 Å². The summed E-state index contributed by atoms with van der Waals surface area (Å²) in [5.41, 5.74) is 0. The van der Waals surface area contributed by atoms with Gasteiger partial charge < -0.3 is 4.43 Å². The molecule has 0 rings (SSSR count). The average molecular weight is 258 g/mol. The third-order valence-corrected chi connectivity index (χ3v) is 3.60. The van der Waals surface area contributed by atoms with Crippen LogP contribution in [0.5, 0.6) is 0 Å². The van der Waals surface area contributed by atoms with Gasteiger partial charge in [-0.2, -0.15) is 0 Å². The molecule has 0 aliphatic heterocycles. The molecule has 0 unspecified atom stereocenters. The van der Waals surface area contributed by atoms with E-state index in [0.717, 1.165) is 12.3 Å². The first-order chi connectivity index (χ1) is 8.16. The van der Waals surface area contributed by atoms with Gasteiger partial charge in [-0.25, -0.2) is 0 Å². The van der Waals surface area contributed by atoms with E-state index in [1.54, 1.807) is 0 Å². The van der Waals surface area contributed by atoms with E-state index in [9.17, 15) is 4.79 Å². The van der Waals surface area contributed by atoms with Gasteiger partial charge in [0.1, 0.15) is 0 Å². The van der Waals surface area contributed by atoms with Gasteiger partial charge in [0.15, 0.2) is 0 Å². The molecule has 0 saturated carbocycles. The van der Waals surface area contributed by atoms with Crippen LogP contribution in [0.1, 0.15) is 78.1 Å². The first-order valence-electron chi connectivity index (χ1n) is 7.23. The summed E-state index contributed by atoms with van der Waals surface area (Å²) < 4.78 is 4.74. The van der Waals surface area contributed by atoms with Gasteiger partial charge in [-0.1, -0.05) is 65.2 Å². The third kappa shape index (κ3) is 13.6. The molecule has 0 saturated heterocycles. The fraction of sp³-hybridized carbons (Fsp3) is 0.929. The third-order valence-electron chi connectivity index (χ3n) is 3.14. The largest absolute Gasteiger partial charge is 0.529 e. The molecule has 0 aromatic rings. The topological polar surface area (TPSA) is 26.3 Å². The average Bonchev–Trinajstić information content (AvgIpc) is 2.30. The highest BCUT2D eigenvalue weighted by atomic mass is 28.2. The summed E-state index contributed by atoms with van der Waals surface area (Å²) in [6.45, 7) is 4.59. The van der Waals surface area contributed by atoms with Gasteiger partial charge in [0.05, 0.1) is 0 Å². The van der Waals surface area contributed by atoms with Crippen LogP contribution in [0.2, 0.25) is 0 Å². The summed E-state index contributed by atoms with van der Waals surface area (Å²) in [5, 5.41) is 0. The molecule has 0 radical (unpaired) electrons. The molecule has 0 aliphatic rings. The summed E-state index contributed by atoms with van der Waals surface area (Å²) in [6, 6.07) is 0. The second-order valence-electron chi connectivity index (χ2n) is 5.34. The van der Waals surface area contributed by atoms with Gasteiger partial charge in [-0.05, 0) is 12.3 Å². The molecule has 0 N–H and O–H groups in total. The Morgan fingerprint density at radius 3 is 1.88 bits per heavy atom. The Hall–Kier alpha value is -0.313. The molecule has 0 aromatic heterocycles. The number of unbranched alkanes of at least 4 members (excludes halogenated alkanes) is 7. The van der Waals surface area contributed by atoms with E-state index in [-0.39, 0.29) is 5.97 Å². The van der Waals surface area contributed by atoms with E-state index < -0.39 is 0 Å². The number of rotatable bonds is 11. The van der Waals surface area contributed by atoms with Crippen molar-refractivity contribution in [3.63, 3.8) is 0 Å². The van der Waals surface area contributed by atoms with Crippen molar-refractivity contribution in [3.05, 3.63) is 0 Å². The summed E-state index contributed by atoms with van der Waals surface area (Å²) >= 11 is 0. The van der Waals surface area contributed by atoms with Gasteiger partial charge in [0.25, 0.3) is 5.97 Å². The lowest BCUT2D eigenvalue weighted by atomic mass is 10.0. The van der Waals surface area contributed by atoms with Crippen molar-refractivity contribution in [1.29, 1.82) is 0 Å². The molecule has 2 nitrogen and oxygen atoms in total. The maximum absolute atomic E-state index is 10.9. The van der Waals surface area contributed by atoms with Crippen LogP contribution in [0.4, 0.5) is 0 Å². The first-order valence-corrected chi connectivity index (χ1v) is 8.05. The number of hydrogen-bond donors (Lipinski definition) is 0. The zero-order valence-electron chi connectivity index (χ0n) is 12.0. The lowest BCUT2D eigenvalue weighted by Gasteiger charge is -2.04. The van der Waals surface area contributed by atoms with Crippen LogP contribution in [-0.4, -0.2) is 16.5 Å². The van der Waals surface area contributed by atoms with E-state index in [1.165, 1.54) is 51.4 Å². The highest BCUT2D eigenvalue weighted by Crippen LogP contribution is 2.12. The smallest absolute Gasteiger partial charge is 0.291 e. The molecule has 0 aromatic carbocycles.